The number of likely N-dealkylation sites (tertiary alicyclic amines) is 1. The van der Waals surface area contributed by atoms with Gasteiger partial charge in [0.2, 0.25) is 0 Å². The molecule has 4 nitrogen and oxygen atoms in total. The van der Waals surface area contributed by atoms with Gasteiger partial charge in [-0.2, -0.15) is 0 Å². The number of carboxylic acid groups (broad SMARTS) is 1. The van der Waals surface area contributed by atoms with Crippen molar-refractivity contribution in [1.82, 2.24) is 4.90 Å². The number of hydrogen-bond acceptors (Lipinski definition) is 2. The van der Waals surface area contributed by atoms with Gasteiger partial charge in [0, 0.05) is 18.5 Å². The summed E-state index contributed by atoms with van der Waals surface area (Å²) in [5, 5.41) is 20.1. The van der Waals surface area contributed by atoms with Crippen LogP contribution in [0.3, 0.4) is 0 Å². The third kappa shape index (κ3) is 2.50. The molecule has 2 fully saturated rings. The minimum Gasteiger partial charge on any atom is -0.465 e. The fourth-order valence-electron chi connectivity index (χ4n) is 3.96. The van der Waals surface area contributed by atoms with Crippen molar-refractivity contribution >= 4 is 6.09 Å². The Hall–Kier alpha value is -1.55. The number of nitrogens with zero attached hydrogens (tertiary/aromatic N) is 1. The summed E-state index contributed by atoms with van der Waals surface area (Å²) in [6.07, 6.45) is 1.43. The van der Waals surface area contributed by atoms with Gasteiger partial charge in [0.1, 0.15) is 0 Å². The zero-order chi connectivity index (χ0) is 16.2. The Morgan fingerprint density at radius 2 is 1.91 bits per heavy atom. The molecular weight excluding hydrogens is 278 g/mol. The molecule has 2 aliphatic rings. The summed E-state index contributed by atoms with van der Waals surface area (Å²) in [6.45, 7) is 7.63. The quantitative estimate of drug-likeness (QED) is 0.836. The molecular formula is C18H25NO3. The van der Waals surface area contributed by atoms with Crippen LogP contribution in [-0.4, -0.2) is 34.3 Å². The van der Waals surface area contributed by atoms with E-state index in [1.54, 1.807) is 0 Å². The zero-order valence-corrected chi connectivity index (χ0v) is 13.6. The van der Waals surface area contributed by atoms with Crippen molar-refractivity contribution in [3.63, 3.8) is 0 Å². The Morgan fingerprint density at radius 1 is 1.23 bits per heavy atom. The van der Waals surface area contributed by atoms with E-state index in [2.05, 4.69) is 32.9 Å². The lowest BCUT2D eigenvalue weighted by molar-refractivity contribution is -0.0222. The minimum atomic E-state index is -0.851. The summed E-state index contributed by atoms with van der Waals surface area (Å²) in [5.41, 5.74) is 1.42. The Morgan fingerprint density at radius 3 is 2.50 bits per heavy atom. The van der Waals surface area contributed by atoms with Crippen LogP contribution in [0.25, 0.3) is 0 Å². The van der Waals surface area contributed by atoms with E-state index in [-0.39, 0.29) is 10.8 Å². The van der Waals surface area contributed by atoms with Gasteiger partial charge in [-0.05, 0) is 35.8 Å². The SMILES string of the molecule is CC(C)(C)c1cccc([C@@]2(O)CCC3(CN(C(=O)O)C3)C2)c1. The Bertz CT molecular complexity index is 599. The molecule has 22 heavy (non-hydrogen) atoms. The topological polar surface area (TPSA) is 60.8 Å². The molecule has 4 heteroatoms. The van der Waals surface area contributed by atoms with Gasteiger partial charge in [-0.15, -0.1) is 0 Å². The largest absolute Gasteiger partial charge is 0.465 e. The second-order valence-electron chi connectivity index (χ2n) is 8.18. The summed E-state index contributed by atoms with van der Waals surface area (Å²) < 4.78 is 0. The maximum Gasteiger partial charge on any atom is 0.407 e. The fourth-order valence-corrected chi connectivity index (χ4v) is 3.96. The average Bonchev–Trinajstić information content (AvgIpc) is 2.76. The molecule has 1 aromatic rings. The Labute approximate surface area is 131 Å². The van der Waals surface area contributed by atoms with Crippen LogP contribution in [0.15, 0.2) is 24.3 Å². The highest BCUT2D eigenvalue weighted by atomic mass is 16.4. The van der Waals surface area contributed by atoms with Gasteiger partial charge in [-0.25, -0.2) is 4.79 Å². The molecule has 0 bridgehead atoms. The van der Waals surface area contributed by atoms with Crippen molar-refractivity contribution in [2.75, 3.05) is 13.1 Å². The second-order valence-corrected chi connectivity index (χ2v) is 8.18. The molecule has 1 saturated heterocycles. The first-order valence-electron chi connectivity index (χ1n) is 7.95. The predicted molar refractivity (Wildman–Crippen MR) is 84.9 cm³/mol. The van der Waals surface area contributed by atoms with Gasteiger partial charge in [-0.1, -0.05) is 45.0 Å². The molecule has 0 unspecified atom stereocenters. The van der Waals surface area contributed by atoms with Crippen molar-refractivity contribution in [2.24, 2.45) is 5.41 Å². The van der Waals surface area contributed by atoms with Crippen molar-refractivity contribution < 1.29 is 15.0 Å². The Kier molecular flexibility index (Phi) is 3.29. The van der Waals surface area contributed by atoms with Crippen molar-refractivity contribution in [3.8, 4) is 0 Å². The molecule has 0 aromatic heterocycles. The first-order chi connectivity index (χ1) is 10.1. The van der Waals surface area contributed by atoms with Crippen LogP contribution in [0.2, 0.25) is 0 Å². The van der Waals surface area contributed by atoms with Crippen molar-refractivity contribution in [1.29, 1.82) is 0 Å². The number of benzene rings is 1. The molecule has 1 aliphatic heterocycles. The number of amides is 1. The number of carbonyl (C=O) groups is 1. The van der Waals surface area contributed by atoms with Crippen LogP contribution in [0.1, 0.15) is 51.2 Å². The van der Waals surface area contributed by atoms with E-state index in [1.807, 2.05) is 12.1 Å². The molecule has 1 heterocycles. The highest BCUT2D eigenvalue weighted by molar-refractivity contribution is 5.66. The molecule has 2 N–H and O–H groups in total. The summed E-state index contributed by atoms with van der Waals surface area (Å²) in [6, 6.07) is 8.24. The highest BCUT2D eigenvalue weighted by Crippen LogP contribution is 2.54. The summed E-state index contributed by atoms with van der Waals surface area (Å²) in [7, 11) is 0. The standard InChI is InChI=1S/C18H25NO3/c1-16(2,3)13-5-4-6-14(9-13)18(22)8-7-17(10-18)11-19(12-17)15(20)21/h4-6,9,22H,7-8,10-12H2,1-3H3,(H,20,21)/t18-/m1/s1. The molecule has 0 radical (unpaired) electrons. The zero-order valence-electron chi connectivity index (χ0n) is 13.6. The Balaban J connectivity index is 1.80. The second kappa shape index (κ2) is 4.72. The lowest BCUT2D eigenvalue weighted by Crippen LogP contribution is -2.57. The number of aliphatic hydroxyl groups is 1. The van der Waals surface area contributed by atoms with E-state index in [9.17, 15) is 9.90 Å². The third-order valence-electron chi connectivity index (χ3n) is 5.33. The minimum absolute atomic E-state index is 0.0229. The lowest BCUT2D eigenvalue weighted by atomic mass is 9.76. The van der Waals surface area contributed by atoms with E-state index in [1.165, 1.54) is 10.5 Å². The van der Waals surface area contributed by atoms with Crippen LogP contribution in [0.5, 0.6) is 0 Å². The van der Waals surface area contributed by atoms with Gasteiger partial charge in [0.15, 0.2) is 0 Å². The van der Waals surface area contributed by atoms with Crippen molar-refractivity contribution in [2.45, 2.75) is 51.0 Å². The van der Waals surface area contributed by atoms with Crippen LogP contribution in [0.4, 0.5) is 4.79 Å². The molecule has 1 amide bonds. The molecule has 1 aromatic carbocycles. The van der Waals surface area contributed by atoms with Crippen LogP contribution < -0.4 is 0 Å². The summed E-state index contributed by atoms with van der Waals surface area (Å²) in [4.78, 5) is 12.4. The van der Waals surface area contributed by atoms with Crippen LogP contribution in [0, 0.1) is 5.41 Å². The normalized spacial score (nSPS) is 27.0. The number of hydrogen-bond donors (Lipinski definition) is 2. The molecule has 1 atom stereocenters. The molecule has 3 rings (SSSR count). The lowest BCUT2D eigenvalue weighted by Gasteiger charge is -2.47. The third-order valence-corrected chi connectivity index (χ3v) is 5.33. The summed E-state index contributed by atoms with van der Waals surface area (Å²) >= 11 is 0. The first kappa shape index (κ1) is 15.3. The smallest absolute Gasteiger partial charge is 0.407 e. The highest BCUT2D eigenvalue weighted by Gasteiger charge is 2.55. The fraction of sp³-hybridized carbons (Fsp3) is 0.611. The maximum absolute atomic E-state index is 11.1. The van der Waals surface area contributed by atoms with E-state index >= 15 is 0 Å². The summed E-state index contributed by atoms with van der Waals surface area (Å²) in [5.74, 6) is 0. The predicted octanol–water partition coefficient (Wildman–Crippen LogP) is 3.34. The van der Waals surface area contributed by atoms with E-state index in [4.69, 9.17) is 5.11 Å². The first-order valence-corrected chi connectivity index (χ1v) is 7.95. The van der Waals surface area contributed by atoms with Crippen molar-refractivity contribution in [3.05, 3.63) is 35.4 Å². The molecule has 120 valence electrons. The van der Waals surface area contributed by atoms with E-state index in [0.717, 1.165) is 12.0 Å². The average molecular weight is 303 g/mol. The molecule has 1 saturated carbocycles. The monoisotopic (exact) mass is 303 g/mol. The molecule has 1 spiro atoms. The van der Waals surface area contributed by atoms with Gasteiger partial charge < -0.3 is 15.1 Å². The van der Waals surface area contributed by atoms with Gasteiger partial charge >= 0.3 is 6.09 Å². The van der Waals surface area contributed by atoms with E-state index in [0.29, 0.717) is 25.9 Å². The van der Waals surface area contributed by atoms with E-state index < -0.39 is 11.7 Å². The van der Waals surface area contributed by atoms with Crippen LogP contribution >= 0.6 is 0 Å². The van der Waals surface area contributed by atoms with Gasteiger partial charge in [0.05, 0.1) is 5.60 Å². The molecule has 1 aliphatic carbocycles. The van der Waals surface area contributed by atoms with Gasteiger partial charge in [0.25, 0.3) is 0 Å². The van der Waals surface area contributed by atoms with Crippen LogP contribution in [-0.2, 0) is 11.0 Å². The maximum atomic E-state index is 11.1. The number of rotatable bonds is 1. The van der Waals surface area contributed by atoms with Gasteiger partial charge in [-0.3, -0.25) is 0 Å².